The molecule has 0 saturated heterocycles. The molecule has 0 spiro atoms. The van der Waals surface area contributed by atoms with Gasteiger partial charge in [-0.25, -0.2) is 5.84 Å². The third kappa shape index (κ3) is 3.92. The zero-order valence-electron chi connectivity index (χ0n) is 12.1. The second kappa shape index (κ2) is 6.71. The summed E-state index contributed by atoms with van der Waals surface area (Å²) in [6.45, 7) is -0.657. The fourth-order valence-corrected chi connectivity index (χ4v) is 2.05. The number of amides is 1. The van der Waals surface area contributed by atoms with Gasteiger partial charge in [0.1, 0.15) is 6.54 Å². The third-order valence-corrected chi connectivity index (χ3v) is 3.07. The second-order valence-corrected chi connectivity index (χ2v) is 4.87. The van der Waals surface area contributed by atoms with Gasteiger partial charge in [-0.05, 0) is 18.2 Å². The van der Waals surface area contributed by atoms with Crippen LogP contribution < -0.4 is 11.6 Å². The van der Waals surface area contributed by atoms with Gasteiger partial charge in [-0.1, -0.05) is 30.3 Å². The van der Waals surface area contributed by atoms with Gasteiger partial charge in [0.05, 0.1) is 0 Å². The Labute approximate surface area is 132 Å². The van der Waals surface area contributed by atoms with E-state index in [2.05, 4.69) is 0 Å². The van der Waals surface area contributed by atoms with Gasteiger partial charge in [-0.3, -0.25) is 19.4 Å². The molecule has 23 heavy (non-hydrogen) atoms. The number of hydrazine groups is 1. The van der Waals surface area contributed by atoms with E-state index in [-0.39, 0.29) is 22.6 Å². The minimum Gasteiger partial charge on any atom is -0.480 e. The number of anilines is 1. The number of nitrogens with zero attached hydrogens (tertiary/aromatic N) is 1. The zero-order valence-corrected chi connectivity index (χ0v) is 12.1. The number of nitrogen functional groups attached to an aromatic ring is 1. The summed E-state index contributed by atoms with van der Waals surface area (Å²) in [5, 5.41) is 9.22. The molecule has 2 aromatic rings. The molecule has 0 atom stereocenters. The Morgan fingerprint density at radius 1 is 0.957 bits per heavy atom. The largest absolute Gasteiger partial charge is 0.480 e. The summed E-state index contributed by atoms with van der Waals surface area (Å²) < 4.78 is 0. The molecule has 1 amide bonds. The molecule has 2 aromatic carbocycles. The van der Waals surface area contributed by atoms with E-state index in [0.717, 1.165) is 0 Å². The smallest absolute Gasteiger partial charge is 0.324 e. The number of ketones is 1. The van der Waals surface area contributed by atoms with E-state index in [4.69, 9.17) is 16.7 Å². The van der Waals surface area contributed by atoms with Gasteiger partial charge in [-0.15, -0.1) is 0 Å². The Kier molecular flexibility index (Phi) is 4.72. The fourth-order valence-electron chi connectivity index (χ4n) is 2.05. The molecule has 0 unspecified atom stereocenters. The van der Waals surface area contributed by atoms with Gasteiger partial charge < -0.3 is 10.8 Å². The Bertz CT molecular complexity index is 759. The quantitative estimate of drug-likeness (QED) is 0.247. The number of aliphatic carboxylic acids is 1. The van der Waals surface area contributed by atoms with E-state index < -0.39 is 18.4 Å². The first-order valence-corrected chi connectivity index (χ1v) is 6.67. The summed E-state index contributed by atoms with van der Waals surface area (Å²) in [5.74, 6) is 3.14. The molecule has 5 N–H and O–H groups in total. The van der Waals surface area contributed by atoms with Crippen molar-refractivity contribution < 1.29 is 19.5 Å². The Morgan fingerprint density at radius 2 is 1.57 bits per heavy atom. The predicted octanol–water partition coefficient (Wildman–Crippen LogP) is 0.900. The van der Waals surface area contributed by atoms with Crippen molar-refractivity contribution in [2.45, 2.75) is 0 Å². The third-order valence-electron chi connectivity index (χ3n) is 3.07. The molecule has 0 heterocycles. The van der Waals surface area contributed by atoms with E-state index in [0.29, 0.717) is 10.6 Å². The van der Waals surface area contributed by atoms with Gasteiger partial charge in [0.15, 0.2) is 5.78 Å². The Morgan fingerprint density at radius 3 is 2.17 bits per heavy atom. The lowest BCUT2D eigenvalue weighted by atomic mass is 10.00. The SMILES string of the molecule is Nc1cc(C(=O)c2ccccc2)cc(C(=O)N(N)CC(=O)O)c1. The molecule has 0 aliphatic rings. The topological polar surface area (TPSA) is 127 Å². The highest BCUT2D eigenvalue weighted by molar-refractivity contribution is 6.10. The molecule has 118 valence electrons. The predicted molar refractivity (Wildman–Crippen MR) is 83.6 cm³/mol. The van der Waals surface area contributed by atoms with Crippen LogP contribution in [-0.4, -0.2) is 34.3 Å². The van der Waals surface area contributed by atoms with E-state index >= 15 is 0 Å². The maximum atomic E-state index is 12.4. The minimum atomic E-state index is -1.25. The van der Waals surface area contributed by atoms with Crippen LogP contribution in [0.4, 0.5) is 5.69 Å². The highest BCUT2D eigenvalue weighted by Gasteiger charge is 2.18. The first-order chi connectivity index (χ1) is 10.9. The molecule has 0 aliphatic heterocycles. The number of hydrogen-bond acceptors (Lipinski definition) is 5. The average Bonchev–Trinajstić information content (AvgIpc) is 2.53. The molecule has 7 heteroatoms. The number of nitrogens with two attached hydrogens (primary N) is 2. The van der Waals surface area contributed by atoms with Crippen molar-refractivity contribution in [3.8, 4) is 0 Å². The van der Waals surface area contributed by atoms with Gasteiger partial charge in [-0.2, -0.15) is 0 Å². The maximum Gasteiger partial charge on any atom is 0.324 e. The van der Waals surface area contributed by atoms with Crippen LogP contribution in [0.1, 0.15) is 26.3 Å². The van der Waals surface area contributed by atoms with Crippen molar-refractivity contribution >= 4 is 23.3 Å². The van der Waals surface area contributed by atoms with E-state index in [1.54, 1.807) is 30.3 Å². The fraction of sp³-hybridized carbons (Fsp3) is 0.0625. The molecular weight excluding hydrogens is 298 g/mol. The summed E-state index contributed by atoms with van der Waals surface area (Å²) in [6, 6.07) is 12.6. The lowest BCUT2D eigenvalue weighted by Gasteiger charge is -2.15. The molecule has 0 radical (unpaired) electrons. The van der Waals surface area contributed by atoms with Gasteiger partial charge in [0.2, 0.25) is 0 Å². The number of benzene rings is 2. The molecular formula is C16H15N3O4. The first kappa shape index (κ1) is 16.2. The van der Waals surface area contributed by atoms with Crippen LogP contribution in [0.2, 0.25) is 0 Å². The van der Waals surface area contributed by atoms with Crippen LogP contribution in [0, 0.1) is 0 Å². The number of carbonyl (C=O) groups excluding carboxylic acids is 2. The van der Waals surface area contributed by atoms with Gasteiger partial charge in [0, 0.05) is 22.4 Å². The molecule has 0 fully saturated rings. The number of carboxylic acids is 1. The van der Waals surface area contributed by atoms with Gasteiger partial charge in [0.25, 0.3) is 5.91 Å². The highest BCUT2D eigenvalue weighted by Crippen LogP contribution is 2.17. The maximum absolute atomic E-state index is 12.4. The minimum absolute atomic E-state index is 0.0491. The van der Waals surface area contributed by atoms with Crippen LogP contribution in [0.25, 0.3) is 0 Å². The van der Waals surface area contributed by atoms with Crippen LogP contribution in [0.3, 0.4) is 0 Å². The van der Waals surface area contributed by atoms with Crippen molar-refractivity contribution in [1.82, 2.24) is 5.01 Å². The van der Waals surface area contributed by atoms with Crippen LogP contribution in [0.5, 0.6) is 0 Å². The normalized spacial score (nSPS) is 10.1. The average molecular weight is 313 g/mol. The van der Waals surface area contributed by atoms with Crippen LogP contribution in [0.15, 0.2) is 48.5 Å². The van der Waals surface area contributed by atoms with Gasteiger partial charge >= 0.3 is 5.97 Å². The first-order valence-electron chi connectivity index (χ1n) is 6.67. The molecule has 0 saturated carbocycles. The van der Waals surface area contributed by atoms with E-state index in [1.165, 1.54) is 18.2 Å². The summed E-state index contributed by atoms with van der Waals surface area (Å²) >= 11 is 0. The number of carboxylic acid groups (broad SMARTS) is 1. The molecule has 0 aliphatic carbocycles. The van der Waals surface area contributed by atoms with E-state index in [9.17, 15) is 14.4 Å². The highest BCUT2D eigenvalue weighted by atomic mass is 16.4. The number of carbonyl (C=O) groups is 3. The lowest BCUT2D eigenvalue weighted by molar-refractivity contribution is -0.137. The standard InChI is InChI=1S/C16H15N3O4/c17-13-7-11(15(22)10-4-2-1-3-5-10)6-12(8-13)16(23)19(18)9-14(20)21/h1-8H,9,17-18H2,(H,20,21). The molecule has 2 rings (SSSR count). The Hall–Kier alpha value is -3.19. The molecule has 0 aromatic heterocycles. The van der Waals surface area contributed by atoms with Crippen LogP contribution in [-0.2, 0) is 4.79 Å². The summed E-state index contributed by atoms with van der Waals surface area (Å²) in [6.07, 6.45) is 0. The monoisotopic (exact) mass is 313 g/mol. The van der Waals surface area contributed by atoms with Crippen molar-refractivity contribution in [1.29, 1.82) is 0 Å². The van der Waals surface area contributed by atoms with Crippen molar-refractivity contribution in [2.75, 3.05) is 12.3 Å². The van der Waals surface area contributed by atoms with Crippen molar-refractivity contribution in [3.63, 3.8) is 0 Å². The lowest BCUT2D eigenvalue weighted by Crippen LogP contribution is -2.41. The van der Waals surface area contributed by atoms with Crippen LogP contribution >= 0.6 is 0 Å². The molecule has 0 bridgehead atoms. The second-order valence-electron chi connectivity index (χ2n) is 4.87. The molecule has 7 nitrogen and oxygen atoms in total. The zero-order chi connectivity index (χ0) is 17.0. The van der Waals surface area contributed by atoms with Crippen molar-refractivity contribution in [2.24, 2.45) is 5.84 Å². The summed E-state index contributed by atoms with van der Waals surface area (Å²) in [4.78, 5) is 35.1. The van der Waals surface area contributed by atoms with E-state index in [1.807, 2.05) is 0 Å². The Balaban J connectivity index is 2.34. The van der Waals surface area contributed by atoms with Crippen molar-refractivity contribution in [3.05, 3.63) is 65.2 Å². The summed E-state index contributed by atoms with van der Waals surface area (Å²) in [5.41, 5.74) is 6.67. The number of hydrogen-bond donors (Lipinski definition) is 3. The number of rotatable bonds is 5. The summed E-state index contributed by atoms with van der Waals surface area (Å²) in [7, 11) is 0.